The summed E-state index contributed by atoms with van der Waals surface area (Å²) in [7, 11) is 0. The molecule has 1 aromatic carbocycles. The summed E-state index contributed by atoms with van der Waals surface area (Å²) in [5.41, 5.74) is 6.53. The van der Waals surface area contributed by atoms with E-state index in [1.54, 1.807) is 0 Å². The second-order valence-corrected chi connectivity index (χ2v) is 5.61. The Morgan fingerprint density at radius 3 is 2.75 bits per heavy atom. The molecule has 8 nitrogen and oxygen atoms in total. The van der Waals surface area contributed by atoms with Crippen LogP contribution in [0.1, 0.15) is 32.6 Å². The molecule has 24 heavy (non-hydrogen) atoms. The third-order valence-electron chi connectivity index (χ3n) is 3.42. The van der Waals surface area contributed by atoms with E-state index in [2.05, 4.69) is 22.3 Å². The number of unbranched alkanes of at least 4 members (excludes halogenated alkanes) is 2. The van der Waals surface area contributed by atoms with E-state index in [0.717, 1.165) is 24.2 Å². The van der Waals surface area contributed by atoms with Gasteiger partial charge in [0, 0.05) is 11.6 Å². The average Bonchev–Trinajstić information content (AvgIpc) is 2.99. The van der Waals surface area contributed by atoms with Crippen LogP contribution < -0.4 is 10.5 Å². The first kappa shape index (κ1) is 17.9. The van der Waals surface area contributed by atoms with E-state index in [0.29, 0.717) is 12.4 Å². The highest BCUT2D eigenvalue weighted by molar-refractivity contribution is 5.67. The van der Waals surface area contributed by atoms with Gasteiger partial charge in [0.2, 0.25) is 5.82 Å². The van der Waals surface area contributed by atoms with Crippen molar-refractivity contribution in [3.63, 3.8) is 0 Å². The predicted octanol–water partition coefficient (Wildman–Crippen LogP) is 1.71. The lowest BCUT2D eigenvalue weighted by molar-refractivity contribution is -0.137. The summed E-state index contributed by atoms with van der Waals surface area (Å²) in [4.78, 5) is 11.9. The Morgan fingerprint density at radius 1 is 1.33 bits per heavy atom. The largest absolute Gasteiger partial charge is 0.494 e. The van der Waals surface area contributed by atoms with Crippen LogP contribution in [0.3, 0.4) is 0 Å². The van der Waals surface area contributed by atoms with Crippen molar-refractivity contribution in [3.05, 3.63) is 24.3 Å². The SMILES string of the molecule is CCCCCOc1ccc(-c2nnn(CC(N)CC(=O)O)n2)cc1. The molecule has 0 aliphatic rings. The topological polar surface area (TPSA) is 116 Å². The summed E-state index contributed by atoms with van der Waals surface area (Å²) in [5, 5.41) is 20.8. The van der Waals surface area contributed by atoms with Gasteiger partial charge in [-0.25, -0.2) is 0 Å². The van der Waals surface area contributed by atoms with Crippen molar-refractivity contribution in [1.29, 1.82) is 0 Å². The van der Waals surface area contributed by atoms with E-state index in [1.165, 1.54) is 11.2 Å². The normalized spacial score (nSPS) is 12.1. The third-order valence-corrected chi connectivity index (χ3v) is 3.42. The molecule has 1 aromatic heterocycles. The van der Waals surface area contributed by atoms with Crippen molar-refractivity contribution in [2.75, 3.05) is 6.61 Å². The van der Waals surface area contributed by atoms with Gasteiger partial charge in [-0.2, -0.15) is 4.80 Å². The Morgan fingerprint density at radius 2 is 2.08 bits per heavy atom. The average molecular weight is 333 g/mol. The molecule has 0 bridgehead atoms. The molecule has 0 spiro atoms. The highest BCUT2D eigenvalue weighted by Crippen LogP contribution is 2.19. The lowest BCUT2D eigenvalue weighted by atomic mass is 10.2. The van der Waals surface area contributed by atoms with Gasteiger partial charge in [0.05, 0.1) is 19.6 Å². The Labute approximate surface area is 140 Å². The van der Waals surface area contributed by atoms with Crippen molar-refractivity contribution in [2.45, 2.75) is 45.2 Å². The molecule has 130 valence electrons. The van der Waals surface area contributed by atoms with Crippen molar-refractivity contribution >= 4 is 5.97 Å². The summed E-state index contributed by atoms with van der Waals surface area (Å²) in [6.45, 7) is 3.07. The first-order valence-electron chi connectivity index (χ1n) is 8.07. The molecular formula is C16H23N5O3. The Balaban J connectivity index is 1.91. The van der Waals surface area contributed by atoms with Crippen LogP contribution in [0, 0.1) is 0 Å². The van der Waals surface area contributed by atoms with Gasteiger partial charge < -0.3 is 15.6 Å². The lowest BCUT2D eigenvalue weighted by Crippen LogP contribution is -2.30. The minimum atomic E-state index is -0.947. The molecule has 0 saturated carbocycles. The zero-order chi connectivity index (χ0) is 17.4. The first-order chi connectivity index (χ1) is 11.6. The Hall–Kier alpha value is -2.48. The maximum absolute atomic E-state index is 10.6. The number of benzene rings is 1. The molecule has 0 aliphatic heterocycles. The third kappa shape index (κ3) is 5.62. The van der Waals surface area contributed by atoms with Crippen LogP contribution >= 0.6 is 0 Å². The van der Waals surface area contributed by atoms with Gasteiger partial charge in [-0.05, 0) is 35.9 Å². The number of nitrogens with two attached hydrogens (primary N) is 1. The molecule has 1 atom stereocenters. The van der Waals surface area contributed by atoms with Crippen molar-refractivity contribution in [3.8, 4) is 17.1 Å². The number of carbonyl (C=O) groups is 1. The maximum atomic E-state index is 10.6. The standard InChI is InChI=1S/C16H23N5O3/c1-2-3-4-9-24-14-7-5-12(6-8-14)16-18-20-21(19-16)11-13(17)10-15(22)23/h5-8,13H,2-4,9-11,17H2,1H3,(H,22,23). The zero-order valence-corrected chi connectivity index (χ0v) is 13.8. The fourth-order valence-electron chi connectivity index (χ4n) is 2.18. The molecule has 2 aromatic rings. The quantitative estimate of drug-likeness (QED) is 0.636. The highest BCUT2D eigenvalue weighted by atomic mass is 16.5. The molecule has 0 fully saturated rings. The molecule has 3 N–H and O–H groups in total. The van der Waals surface area contributed by atoms with Crippen molar-refractivity contribution < 1.29 is 14.6 Å². The van der Waals surface area contributed by atoms with Gasteiger partial charge in [0.1, 0.15) is 5.75 Å². The van der Waals surface area contributed by atoms with E-state index >= 15 is 0 Å². The zero-order valence-electron chi connectivity index (χ0n) is 13.8. The Kier molecular flexibility index (Phi) is 6.68. The van der Waals surface area contributed by atoms with E-state index in [-0.39, 0.29) is 13.0 Å². The van der Waals surface area contributed by atoms with Crippen LogP contribution in [0.25, 0.3) is 11.4 Å². The number of tetrazole rings is 1. The summed E-state index contributed by atoms with van der Waals surface area (Å²) in [5.74, 6) is 0.332. The summed E-state index contributed by atoms with van der Waals surface area (Å²) in [6.07, 6.45) is 3.24. The number of nitrogens with zero attached hydrogens (tertiary/aromatic N) is 4. The molecular weight excluding hydrogens is 310 g/mol. The van der Waals surface area contributed by atoms with E-state index in [4.69, 9.17) is 15.6 Å². The van der Waals surface area contributed by atoms with Crippen molar-refractivity contribution in [1.82, 2.24) is 20.2 Å². The van der Waals surface area contributed by atoms with Gasteiger partial charge in [0.25, 0.3) is 0 Å². The molecule has 0 saturated heterocycles. The second kappa shape index (κ2) is 8.97. The van der Waals surface area contributed by atoms with Crippen LogP contribution in [0.4, 0.5) is 0 Å². The van der Waals surface area contributed by atoms with Gasteiger partial charge in [-0.15, -0.1) is 10.2 Å². The predicted molar refractivity (Wildman–Crippen MR) is 88.5 cm³/mol. The fraction of sp³-hybridized carbons (Fsp3) is 0.500. The van der Waals surface area contributed by atoms with Crippen LogP contribution in [0.2, 0.25) is 0 Å². The van der Waals surface area contributed by atoms with E-state index in [9.17, 15) is 4.79 Å². The number of hydrogen-bond acceptors (Lipinski definition) is 6. The number of hydrogen-bond donors (Lipinski definition) is 2. The molecule has 0 radical (unpaired) electrons. The minimum Gasteiger partial charge on any atom is -0.494 e. The highest BCUT2D eigenvalue weighted by Gasteiger charge is 2.12. The molecule has 0 amide bonds. The fourth-order valence-corrected chi connectivity index (χ4v) is 2.18. The lowest BCUT2D eigenvalue weighted by Gasteiger charge is -2.06. The van der Waals surface area contributed by atoms with Gasteiger partial charge in [-0.3, -0.25) is 4.79 Å². The van der Waals surface area contributed by atoms with Gasteiger partial charge in [0.15, 0.2) is 0 Å². The number of rotatable bonds is 10. The summed E-state index contributed by atoms with van der Waals surface area (Å²) >= 11 is 0. The number of carboxylic acids is 1. The van der Waals surface area contributed by atoms with Crippen LogP contribution in [0.15, 0.2) is 24.3 Å². The molecule has 2 rings (SSSR count). The molecule has 8 heteroatoms. The van der Waals surface area contributed by atoms with E-state index < -0.39 is 12.0 Å². The smallest absolute Gasteiger partial charge is 0.304 e. The second-order valence-electron chi connectivity index (χ2n) is 5.61. The molecule has 0 aliphatic carbocycles. The number of aliphatic carboxylic acids is 1. The summed E-state index contributed by atoms with van der Waals surface area (Å²) in [6, 6.07) is 6.93. The summed E-state index contributed by atoms with van der Waals surface area (Å²) < 4.78 is 5.66. The number of ether oxygens (including phenoxy) is 1. The monoisotopic (exact) mass is 333 g/mol. The van der Waals surface area contributed by atoms with Gasteiger partial charge >= 0.3 is 5.97 Å². The number of aromatic nitrogens is 4. The number of carboxylic acid groups (broad SMARTS) is 1. The minimum absolute atomic E-state index is 0.138. The molecule has 1 heterocycles. The van der Waals surface area contributed by atoms with Crippen LogP contribution in [-0.2, 0) is 11.3 Å². The molecule has 1 unspecified atom stereocenters. The van der Waals surface area contributed by atoms with Crippen LogP contribution in [-0.4, -0.2) is 43.9 Å². The van der Waals surface area contributed by atoms with E-state index in [1.807, 2.05) is 24.3 Å². The Bertz CT molecular complexity index is 641. The van der Waals surface area contributed by atoms with Gasteiger partial charge in [-0.1, -0.05) is 19.8 Å². The van der Waals surface area contributed by atoms with Crippen LogP contribution in [0.5, 0.6) is 5.75 Å². The first-order valence-corrected chi connectivity index (χ1v) is 8.07. The maximum Gasteiger partial charge on any atom is 0.304 e. The van der Waals surface area contributed by atoms with Crippen molar-refractivity contribution in [2.24, 2.45) is 5.73 Å².